The first-order valence-electron chi connectivity index (χ1n) is 5.22. The fourth-order valence-corrected chi connectivity index (χ4v) is 2.32. The number of hydrogen-bond donors (Lipinski definition) is 2. The van der Waals surface area contributed by atoms with Crippen LogP contribution in [0.1, 0.15) is 32.1 Å². The highest BCUT2D eigenvalue weighted by Gasteiger charge is 2.30. The largest absolute Gasteiger partial charge is 0.478 e. The van der Waals surface area contributed by atoms with Gasteiger partial charge in [0.1, 0.15) is 0 Å². The predicted octanol–water partition coefficient (Wildman–Crippen LogP) is 1.91. The Morgan fingerprint density at radius 3 is 1.33 bits per heavy atom. The smallest absolute Gasteiger partial charge is 0.328 e. The van der Waals surface area contributed by atoms with Crippen molar-refractivity contribution in [2.75, 3.05) is 0 Å². The molecule has 0 amide bonds. The lowest BCUT2D eigenvalue weighted by Gasteiger charge is -2.05. The molecule has 84 valence electrons. The molecule has 0 aromatic rings. The van der Waals surface area contributed by atoms with Crippen LogP contribution in [-0.4, -0.2) is 22.2 Å². The minimum absolute atomic E-state index is 0.558. The van der Waals surface area contributed by atoms with Gasteiger partial charge in [0, 0.05) is 12.2 Å². The second-order valence-corrected chi connectivity index (χ2v) is 4.13. The van der Waals surface area contributed by atoms with Gasteiger partial charge in [0.15, 0.2) is 0 Å². The molecule has 0 spiro atoms. The van der Waals surface area contributed by atoms with Gasteiger partial charge >= 0.3 is 11.9 Å². The van der Waals surface area contributed by atoms with Crippen LogP contribution in [0, 0.1) is 11.8 Å². The number of carboxylic acid groups (broad SMARTS) is 2. The lowest BCUT2D eigenvalue weighted by Crippen LogP contribution is -1.91. The number of fused-ring (bicyclic) bond motifs is 2. The molecule has 0 aliphatic heterocycles. The lowest BCUT2D eigenvalue weighted by molar-refractivity contribution is -0.134. The maximum Gasteiger partial charge on any atom is 0.328 e. The summed E-state index contributed by atoms with van der Waals surface area (Å²) in [6.07, 6.45) is 8.94. The normalized spacial score (nSPS) is 27.5. The highest BCUT2D eigenvalue weighted by atomic mass is 16.4. The van der Waals surface area contributed by atoms with E-state index in [2.05, 4.69) is 0 Å². The molecule has 4 heteroatoms. The second kappa shape index (κ2) is 5.53. The summed E-state index contributed by atoms with van der Waals surface area (Å²) < 4.78 is 0. The van der Waals surface area contributed by atoms with Gasteiger partial charge in [-0.15, -0.1) is 0 Å². The zero-order chi connectivity index (χ0) is 11.3. The first kappa shape index (κ1) is 11.8. The van der Waals surface area contributed by atoms with Crippen molar-refractivity contribution >= 4 is 11.9 Å². The molecule has 0 saturated heterocycles. The average molecular weight is 212 g/mol. The Labute approximate surface area is 88.6 Å². The van der Waals surface area contributed by atoms with Gasteiger partial charge in [0.2, 0.25) is 0 Å². The van der Waals surface area contributed by atoms with Crippen LogP contribution in [0.5, 0.6) is 0 Å². The molecule has 2 aliphatic carbocycles. The third-order valence-corrected chi connectivity index (χ3v) is 3.00. The molecular weight excluding hydrogens is 196 g/mol. The highest BCUT2D eigenvalue weighted by molar-refractivity contribution is 5.89. The van der Waals surface area contributed by atoms with Crippen LogP contribution in [0.25, 0.3) is 0 Å². The summed E-state index contributed by atoms with van der Waals surface area (Å²) in [5, 5.41) is 15.6. The van der Waals surface area contributed by atoms with Crippen molar-refractivity contribution in [3.05, 3.63) is 12.2 Å². The Morgan fingerprint density at radius 2 is 1.20 bits per heavy atom. The van der Waals surface area contributed by atoms with Crippen molar-refractivity contribution in [3.8, 4) is 0 Å². The monoisotopic (exact) mass is 212 g/mol. The number of hydrogen-bond acceptors (Lipinski definition) is 2. The van der Waals surface area contributed by atoms with Crippen LogP contribution in [0.2, 0.25) is 0 Å². The van der Waals surface area contributed by atoms with E-state index in [0.29, 0.717) is 12.2 Å². The quantitative estimate of drug-likeness (QED) is 0.685. The molecule has 2 bridgehead atoms. The van der Waals surface area contributed by atoms with Crippen LogP contribution >= 0.6 is 0 Å². The van der Waals surface area contributed by atoms with Crippen molar-refractivity contribution in [3.63, 3.8) is 0 Å². The fourth-order valence-electron chi connectivity index (χ4n) is 2.32. The molecule has 0 heterocycles. The molecule has 0 aromatic heterocycles. The zero-order valence-corrected chi connectivity index (χ0v) is 8.56. The molecule has 2 aliphatic rings. The van der Waals surface area contributed by atoms with Crippen molar-refractivity contribution in [1.29, 1.82) is 0 Å². The van der Waals surface area contributed by atoms with E-state index in [1.807, 2.05) is 0 Å². The Balaban J connectivity index is 0.000000150. The van der Waals surface area contributed by atoms with E-state index >= 15 is 0 Å². The summed E-state index contributed by atoms with van der Waals surface area (Å²) >= 11 is 0. The number of aliphatic carboxylic acids is 2. The molecule has 2 saturated carbocycles. The van der Waals surface area contributed by atoms with E-state index in [1.54, 1.807) is 32.1 Å². The maximum atomic E-state index is 9.55. The Kier molecular flexibility index (Phi) is 4.34. The summed E-state index contributed by atoms with van der Waals surface area (Å²) in [5.74, 6) is -0.171. The minimum Gasteiger partial charge on any atom is -0.478 e. The predicted molar refractivity (Wildman–Crippen MR) is 54.5 cm³/mol. The molecule has 0 atom stereocenters. The SMILES string of the molecule is C1CC2CCC1C2.O=C(O)C=CC(=O)O. The van der Waals surface area contributed by atoms with Crippen LogP contribution in [-0.2, 0) is 9.59 Å². The van der Waals surface area contributed by atoms with E-state index < -0.39 is 11.9 Å². The van der Waals surface area contributed by atoms with Crippen molar-refractivity contribution in [2.45, 2.75) is 32.1 Å². The third kappa shape index (κ3) is 4.63. The molecule has 2 fully saturated rings. The van der Waals surface area contributed by atoms with Gasteiger partial charge in [-0.1, -0.05) is 25.7 Å². The molecule has 2 N–H and O–H groups in total. The first-order valence-corrected chi connectivity index (χ1v) is 5.22. The Morgan fingerprint density at radius 1 is 0.867 bits per heavy atom. The number of carbonyl (C=O) groups is 2. The number of rotatable bonds is 2. The van der Waals surface area contributed by atoms with Gasteiger partial charge < -0.3 is 10.2 Å². The topological polar surface area (TPSA) is 74.6 Å². The molecule has 15 heavy (non-hydrogen) atoms. The Bertz CT molecular complexity index is 236. The van der Waals surface area contributed by atoms with E-state index in [1.165, 1.54) is 11.8 Å². The van der Waals surface area contributed by atoms with Gasteiger partial charge in [-0.05, 0) is 18.3 Å². The molecule has 0 unspecified atom stereocenters. The summed E-state index contributed by atoms with van der Waals surface area (Å²) in [6.45, 7) is 0. The van der Waals surface area contributed by atoms with Gasteiger partial charge in [-0.3, -0.25) is 0 Å². The zero-order valence-electron chi connectivity index (χ0n) is 8.56. The summed E-state index contributed by atoms with van der Waals surface area (Å²) in [4.78, 5) is 19.1. The van der Waals surface area contributed by atoms with Gasteiger partial charge in [-0.25, -0.2) is 9.59 Å². The summed E-state index contributed by atoms with van der Waals surface area (Å²) in [5.41, 5.74) is 0. The molecule has 4 nitrogen and oxygen atoms in total. The van der Waals surface area contributed by atoms with Gasteiger partial charge in [-0.2, -0.15) is 0 Å². The third-order valence-electron chi connectivity index (χ3n) is 3.00. The second-order valence-electron chi connectivity index (χ2n) is 4.13. The van der Waals surface area contributed by atoms with Crippen molar-refractivity contribution in [2.24, 2.45) is 11.8 Å². The van der Waals surface area contributed by atoms with Crippen molar-refractivity contribution in [1.82, 2.24) is 0 Å². The summed E-state index contributed by atoms with van der Waals surface area (Å²) in [7, 11) is 0. The standard InChI is InChI=1S/C7H12.C4H4O4/c1-2-7-4-3-6(1)5-7;5-3(6)1-2-4(7)8/h6-7H,1-5H2;1-2H,(H,5,6)(H,7,8). The number of carboxylic acids is 2. The molecule has 0 radical (unpaired) electrons. The van der Waals surface area contributed by atoms with Crippen LogP contribution in [0.3, 0.4) is 0 Å². The molecular formula is C11H16O4. The summed E-state index contributed by atoms with van der Waals surface area (Å²) in [6, 6.07) is 0. The minimum atomic E-state index is -1.26. The lowest BCUT2D eigenvalue weighted by atomic mass is 10.0. The van der Waals surface area contributed by atoms with E-state index in [9.17, 15) is 9.59 Å². The van der Waals surface area contributed by atoms with Crippen LogP contribution < -0.4 is 0 Å². The fraction of sp³-hybridized carbons (Fsp3) is 0.636. The van der Waals surface area contributed by atoms with E-state index in [-0.39, 0.29) is 0 Å². The molecule has 2 rings (SSSR count). The van der Waals surface area contributed by atoms with E-state index in [0.717, 1.165) is 0 Å². The first-order chi connectivity index (χ1) is 7.08. The average Bonchev–Trinajstić information content (AvgIpc) is 2.79. The van der Waals surface area contributed by atoms with Crippen LogP contribution in [0.4, 0.5) is 0 Å². The van der Waals surface area contributed by atoms with Crippen molar-refractivity contribution < 1.29 is 19.8 Å². The van der Waals surface area contributed by atoms with Gasteiger partial charge in [0.25, 0.3) is 0 Å². The van der Waals surface area contributed by atoms with Gasteiger partial charge in [0.05, 0.1) is 0 Å². The van der Waals surface area contributed by atoms with Crippen LogP contribution in [0.15, 0.2) is 12.2 Å². The maximum absolute atomic E-state index is 9.55. The highest BCUT2D eigenvalue weighted by Crippen LogP contribution is 2.43. The molecule has 0 aromatic carbocycles. The Hall–Kier alpha value is -1.32. The van der Waals surface area contributed by atoms with E-state index in [4.69, 9.17) is 10.2 Å².